The smallest absolute Gasteiger partial charge is 0.313 e. The molecule has 0 bridgehead atoms. The zero-order chi connectivity index (χ0) is 16.1. The SMILES string of the molecule is COC(=O)CC(=O)CCCCCCCC(=O)CC(=O)OC. The van der Waals surface area contributed by atoms with Crippen LogP contribution in [0, 0.1) is 0 Å². The van der Waals surface area contributed by atoms with Gasteiger partial charge in [-0.15, -0.1) is 0 Å². The van der Waals surface area contributed by atoms with Gasteiger partial charge in [0, 0.05) is 12.8 Å². The van der Waals surface area contributed by atoms with Gasteiger partial charge in [0.15, 0.2) is 0 Å². The Morgan fingerprint density at radius 3 is 1.29 bits per heavy atom. The number of esters is 2. The molecule has 0 atom stereocenters. The molecule has 0 fully saturated rings. The van der Waals surface area contributed by atoms with Crippen LogP contribution in [-0.4, -0.2) is 37.7 Å². The van der Waals surface area contributed by atoms with E-state index in [0.29, 0.717) is 12.8 Å². The summed E-state index contributed by atoms with van der Waals surface area (Å²) in [5, 5.41) is 0. The van der Waals surface area contributed by atoms with Crippen molar-refractivity contribution in [2.24, 2.45) is 0 Å². The molecule has 0 unspecified atom stereocenters. The highest BCUT2D eigenvalue weighted by molar-refractivity contribution is 5.95. The van der Waals surface area contributed by atoms with Gasteiger partial charge in [-0.25, -0.2) is 0 Å². The third-order valence-corrected chi connectivity index (χ3v) is 3.05. The highest BCUT2D eigenvalue weighted by atomic mass is 16.5. The van der Waals surface area contributed by atoms with Gasteiger partial charge in [-0.3, -0.25) is 19.2 Å². The van der Waals surface area contributed by atoms with Gasteiger partial charge >= 0.3 is 11.9 Å². The largest absolute Gasteiger partial charge is 0.469 e. The molecule has 6 heteroatoms. The predicted molar refractivity (Wildman–Crippen MR) is 75.6 cm³/mol. The summed E-state index contributed by atoms with van der Waals surface area (Å²) in [5.74, 6) is -1.20. The monoisotopic (exact) mass is 300 g/mol. The van der Waals surface area contributed by atoms with E-state index < -0.39 is 11.9 Å². The number of carbonyl (C=O) groups excluding carboxylic acids is 4. The average Bonchev–Trinajstić information content (AvgIpc) is 2.45. The Labute approximate surface area is 125 Å². The second-order valence-corrected chi connectivity index (χ2v) is 4.85. The molecule has 0 amide bonds. The first kappa shape index (κ1) is 19.3. The van der Waals surface area contributed by atoms with Crippen LogP contribution in [0.1, 0.15) is 57.8 Å². The van der Waals surface area contributed by atoms with Crippen LogP contribution in [0.4, 0.5) is 0 Å². The van der Waals surface area contributed by atoms with Crippen LogP contribution < -0.4 is 0 Å². The summed E-state index contributed by atoms with van der Waals surface area (Å²) in [6, 6.07) is 0. The van der Waals surface area contributed by atoms with Crippen LogP contribution in [0.5, 0.6) is 0 Å². The number of hydrogen-bond donors (Lipinski definition) is 0. The molecule has 0 aromatic rings. The number of ketones is 2. The molecule has 6 nitrogen and oxygen atoms in total. The normalized spacial score (nSPS) is 10.0. The van der Waals surface area contributed by atoms with E-state index in [1.165, 1.54) is 14.2 Å². The second kappa shape index (κ2) is 12.1. The first-order valence-electron chi connectivity index (χ1n) is 7.16. The topological polar surface area (TPSA) is 86.7 Å². The molecule has 0 aliphatic rings. The van der Waals surface area contributed by atoms with E-state index >= 15 is 0 Å². The average molecular weight is 300 g/mol. The van der Waals surface area contributed by atoms with Crippen molar-refractivity contribution < 1.29 is 28.7 Å². The fraction of sp³-hybridized carbons (Fsp3) is 0.733. The summed E-state index contributed by atoms with van der Waals surface area (Å²) in [6.45, 7) is 0. The summed E-state index contributed by atoms with van der Waals surface area (Å²) < 4.78 is 8.83. The van der Waals surface area contributed by atoms with Gasteiger partial charge in [0.1, 0.15) is 24.4 Å². The number of Topliss-reactive ketones (excluding diaryl/α,β-unsaturated/α-hetero) is 2. The lowest BCUT2D eigenvalue weighted by molar-refractivity contribution is -0.144. The maximum atomic E-state index is 11.3. The Hall–Kier alpha value is -1.72. The van der Waals surface area contributed by atoms with Crippen LogP contribution in [0.3, 0.4) is 0 Å². The second-order valence-electron chi connectivity index (χ2n) is 4.85. The molecule has 0 N–H and O–H groups in total. The molecule has 0 saturated carbocycles. The lowest BCUT2D eigenvalue weighted by Gasteiger charge is -2.02. The molecule has 0 heterocycles. The zero-order valence-corrected chi connectivity index (χ0v) is 12.8. The van der Waals surface area contributed by atoms with E-state index in [4.69, 9.17) is 0 Å². The van der Waals surface area contributed by atoms with Crippen molar-refractivity contribution in [3.63, 3.8) is 0 Å². The number of unbranched alkanes of at least 4 members (excludes halogenated alkanes) is 4. The summed E-state index contributed by atoms with van der Waals surface area (Å²) >= 11 is 0. The maximum Gasteiger partial charge on any atom is 0.313 e. The van der Waals surface area contributed by atoms with Gasteiger partial charge in [-0.2, -0.15) is 0 Å². The molecule has 21 heavy (non-hydrogen) atoms. The van der Waals surface area contributed by atoms with Crippen molar-refractivity contribution in [2.45, 2.75) is 57.8 Å². The van der Waals surface area contributed by atoms with Gasteiger partial charge in [-0.05, 0) is 12.8 Å². The minimum atomic E-state index is -0.496. The predicted octanol–water partition coefficient (Wildman–Crippen LogP) is 1.98. The van der Waals surface area contributed by atoms with E-state index in [0.717, 1.165) is 32.1 Å². The molecular weight excluding hydrogens is 276 g/mol. The highest BCUT2D eigenvalue weighted by Gasteiger charge is 2.10. The van der Waals surface area contributed by atoms with Crippen molar-refractivity contribution in [1.82, 2.24) is 0 Å². The van der Waals surface area contributed by atoms with Gasteiger partial charge < -0.3 is 9.47 Å². The Bertz CT molecular complexity index is 327. The lowest BCUT2D eigenvalue weighted by atomic mass is 10.0. The molecule has 0 aliphatic carbocycles. The zero-order valence-electron chi connectivity index (χ0n) is 12.8. The number of rotatable bonds is 12. The van der Waals surface area contributed by atoms with Crippen LogP contribution >= 0.6 is 0 Å². The molecule has 120 valence electrons. The number of hydrogen-bond acceptors (Lipinski definition) is 6. The Morgan fingerprint density at radius 1 is 0.619 bits per heavy atom. The third-order valence-electron chi connectivity index (χ3n) is 3.05. The van der Waals surface area contributed by atoms with Crippen molar-refractivity contribution in [2.75, 3.05) is 14.2 Å². The summed E-state index contributed by atoms with van der Waals surface area (Å²) in [7, 11) is 2.52. The van der Waals surface area contributed by atoms with E-state index in [-0.39, 0.29) is 24.4 Å². The standard InChI is InChI=1S/C15H24O6/c1-20-14(18)10-12(16)8-6-4-3-5-7-9-13(17)11-15(19)21-2/h3-11H2,1-2H3. The fourth-order valence-corrected chi connectivity index (χ4v) is 1.82. The van der Waals surface area contributed by atoms with Crippen molar-refractivity contribution in [1.29, 1.82) is 0 Å². The maximum absolute atomic E-state index is 11.3. The number of methoxy groups -OCH3 is 2. The Balaban J connectivity index is 3.44. The molecule has 0 rings (SSSR count). The first-order valence-corrected chi connectivity index (χ1v) is 7.16. The van der Waals surface area contributed by atoms with Crippen molar-refractivity contribution >= 4 is 23.5 Å². The molecule has 0 aromatic heterocycles. The minimum absolute atomic E-state index is 0.102. The molecule has 0 spiro atoms. The van der Waals surface area contributed by atoms with Crippen molar-refractivity contribution in [3.05, 3.63) is 0 Å². The molecule has 0 saturated heterocycles. The summed E-state index contributed by atoms with van der Waals surface area (Å²) in [6.07, 6.45) is 4.65. The highest BCUT2D eigenvalue weighted by Crippen LogP contribution is 2.09. The van der Waals surface area contributed by atoms with Crippen LogP contribution in [0.15, 0.2) is 0 Å². The van der Waals surface area contributed by atoms with Crippen LogP contribution in [-0.2, 0) is 28.7 Å². The van der Waals surface area contributed by atoms with E-state index in [1.807, 2.05) is 0 Å². The Morgan fingerprint density at radius 2 is 0.952 bits per heavy atom. The fourth-order valence-electron chi connectivity index (χ4n) is 1.82. The summed E-state index contributed by atoms with van der Waals surface area (Å²) in [5.41, 5.74) is 0. The van der Waals surface area contributed by atoms with Crippen molar-refractivity contribution in [3.8, 4) is 0 Å². The van der Waals surface area contributed by atoms with Gasteiger partial charge in [-0.1, -0.05) is 19.3 Å². The summed E-state index contributed by atoms with van der Waals surface area (Å²) in [4.78, 5) is 44.4. The van der Waals surface area contributed by atoms with Gasteiger partial charge in [0.05, 0.1) is 14.2 Å². The minimum Gasteiger partial charge on any atom is -0.469 e. The third kappa shape index (κ3) is 11.8. The molecule has 0 aromatic carbocycles. The number of ether oxygens (including phenoxy) is 2. The number of carbonyl (C=O) groups is 4. The first-order chi connectivity index (χ1) is 9.99. The quantitative estimate of drug-likeness (QED) is 0.311. The molecule has 0 aliphatic heterocycles. The van der Waals surface area contributed by atoms with Crippen LogP contribution in [0.2, 0.25) is 0 Å². The van der Waals surface area contributed by atoms with Gasteiger partial charge in [0.25, 0.3) is 0 Å². The van der Waals surface area contributed by atoms with Gasteiger partial charge in [0.2, 0.25) is 0 Å². The molecule has 0 radical (unpaired) electrons. The van der Waals surface area contributed by atoms with E-state index in [2.05, 4.69) is 9.47 Å². The lowest BCUT2D eigenvalue weighted by Crippen LogP contribution is -2.09. The van der Waals surface area contributed by atoms with Crippen LogP contribution in [0.25, 0.3) is 0 Å². The van der Waals surface area contributed by atoms with E-state index in [9.17, 15) is 19.2 Å². The van der Waals surface area contributed by atoms with E-state index in [1.54, 1.807) is 0 Å². The Kier molecular flexibility index (Phi) is 11.1. The molecular formula is C15H24O6.